The maximum Gasteiger partial charge on any atom is 0.140 e. The summed E-state index contributed by atoms with van der Waals surface area (Å²) in [4.78, 5) is 12.4. The summed E-state index contributed by atoms with van der Waals surface area (Å²) in [6, 6.07) is 4.40. The molecule has 2 aliphatic carbocycles. The average Bonchev–Trinajstić information content (AvgIpc) is 2.77. The molecule has 0 heterocycles. The highest BCUT2D eigenvalue weighted by atomic mass is 16.1. The van der Waals surface area contributed by atoms with E-state index in [1.54, 1.807) is 0 Å². The first-order valence-electron chi connectivity index (χ1n) is 7.17. The van der Waals surface area contributed by atoms with Gasteiger partial charge in [0.2, 0.25) is 0 Å². The number of hydrogen-bond donors (Lipinski definition) is 0. The van der Waals surface area contributed by atoms with Gasteiger partial charge in [0.1, 0.15) is 5.78 Å². The zero-order valence-corrected chi connectivity index (χ0v) is 11.6. The highest BCUT2D eigenvalue weighted by Gasteiger charge is 2.55. The van der Waals surface area contributed by atoms with Crippen LogP contribution in [-0.2, 0) is 11.2 Å². The van der Waals surface area contributed by atoms with Crippen molar-refractivity contribution in [3.05, 3.63) is 34.4 Å². The molecule has 2 atom stereocenters. The van der Waals surface area contributed by atoms with Crippen LogP contribution in [0.15, 0.2) is 12.1 Å². The molecule has 3 rings (SSSR count). The van der Waals surface area contributed by atoms with Crippen molar-refractivity contribution in [2.75, 3.05) is 0 Å². The molecule has 96 valence electrons. The first-order chi connectivity index (χ1) is 8.58. The zero-order chi connectivity index (χ0) is 12.9. The molecule has 0 spiro atoms. The van der Waals surface area contributed by atoms with E-state index in [4.69, 9.17) is 0 Å². The third-order valence-corrected chi connectivity index (χ3v) is 4.97. The molecule has 2 aliphatic rings. The fraction of sp³-hybridized carbons (Fsp3) is 0.588. The van der Waals surface area contributed by atoms with E-state index in [2.05, 4.69) is 32.9 Å². The summed E-state index contributed by atoms with van der Waals surface area (Å²) >= 11 is 0. The van der Waals surface area contributed by atoms with Gasteiger partial charge in [0.05, 0.1) is 0 Å². The Labute approximate surface area is 110 Å². The minimum atomic E-state index is 0.416. The van der Waals surface area contributed by atoms with Gasteiger partial charge in [-0.2, -0.15) is 0 Å². The van der Waals surface area contributed by atoms with Crippen molar-refractivity contribution in [3.63, 3.8) is 0 Å². The van der Waals surface area contributed by atoms with Crippen LogP contribution < -0.4 is 0 Å². The maximum absolute atomic E-state index is 12.4. The molecule has 2 saturated carbocycles. The van der Waals surface area contributed by atoms with Gasteiger partial charge in [-0.3, -0.25) is 4.79 Å². The summed E-state index contributed by atoms with van der Waals surface area (Å²) in [5.41, 5.74) is 5.14. The van der Waals surface area contributed by atoms with Gasteiger partial charge in [0.25, 0.3) is 0 Å². The molecule has 0 aromatic heterocycles. The molecule has 0 saturated heterocycles. The van der Waals surface area contributed by atoms with Gasteiger partial charge in [0, 0.05) is 12.3 Å². The maximum atomic E-state index is 12.4. The van der Waals surface area contributed by atoms with E-state index < -0.39 is 0 Å². The number of benzene rings is 1. The fourth-order valence-corrected chi connectivity index (χ4v) is 4.08. The third-order valence-electron chi connectivity index (χ3n) is 4.97. The number of aryl methyl sites for hydroxylation is 3. The summed E-state index contributed by atoms with van der Waals surface area (Å²) in [5, 5.41) is 0. The van der Waals surface area contributed by atoms with Gasteiger partial charge in [0.15, 0.2) is 0 Å². The summed E-state index contributed by atoms with van der Waals surface area (Å²) in [7, 11) is 0. The van der Waals surface area contributed by atoms with Crippen LogP contribution in [0.25, 0.3) is 0 Å². The second-order valence-corrected chi connectivity index (χ2v) is 6.30. The quantitative estimate of drug-likeness (QED) is 0.788. The molecule has 1 aromatic rings. The predicted molar refractivity (Wildman–Crippen MR) is 73.7 cm³/mol. The van der Waals surface area contributed by atoms with E-state index in [-0.39, 0.29) is 0 Å². The lowest BCUT2D eigenvalue weighted by Gasteiger charge is -2.11. The average molecular weight is 242 g/mol. The molecular formula is C17H22O. The van der Waals surface area contributed by atoms with E-state index in [0.29, 0.717) is 18.1 Å². The topological polar surface area (TPSA) is 17.1 Å². The monoisotopic (exact) mass is 242 g/mol. The molecule has 1 nitrogen and oxygen atoms in total. The largest absolute Gasteiger partial charge is 0.299 e. The number of hydrogen-bond acceptors (Lipinski definition) is 1. The van der Waals surface area contributed by atoms with E-state index in [0.717, 1.165) is 11.8 Å². The second-order valence-electron chi connectivity index (χ2n) is 6.30. The van der Waals surface area contributed by atoms with Crippen LogP contribution in [-0.4, -0.2) is 5.78 Å². The smallest absolute Gasteiger partial charge is 0.140 e. The predicted octanol–water partition coefficient (Wildman–Crippen LogP) is 3.77. The summed E-state index contributed by atoms with van der Waals surface area (Å²) in [5.74, 6) is 2.42. The molecule has 2 unspecified atom stereocenters. The van der Waals surface area contributed by atoms with Crippen LogP contribution in [0.1, 0.15) is 41.5 Å². The SMILES string of the molecule is Cc1cc(C)c(CC(=O)C2C3CCCC32)c(C)c1. The van der Waals surface area contributed by atoms with Crippen molar-refractivity contribution in [1.29, 1.82) is 0 Å². The van der Waals surface area contributed by atoms with Crippen LogP contribution in [0.4, 0.5) is 0 Å². The number of carbonyl (C=O) groups excluding carboxylic acids is 1. The molecule has 18 heavy (non-hydrogen) atoms. The number of fused-ring (bicyclic) bond motifs is 1. The Kier molecular flexibility index (Phi) is 2.80. The Morgan fingerprint density at radius 3 is 2.22 bits per heavy atom. The molecule has 2 fully saturated rings. The van der Waals surface area contributed by atoms with Crippen LogP contribution in [0.3, 0.4) is 0 Å². The number of Topliss-reactive ketones (excluding diaryl/α,β-unsaturated/α-hetero) is 1. The zero-order valence-electron chi connectivity index (χ0n) is 11.6. The molecule has 0 N–H and O–H groups in total. The first-order valence-corrected chi connectivity index (χ1v) is 7.17. The van der Waals surface area contributed by atoms with E-state index in [1.807, 2.05) is 0 Å². The Hall–Kier alpha value is -1.11. The standard InChI is InChI=1S/C17H22O/c1-10-7-11(2)15(12(3)8-10)9-16(18)17-13-5-4-6-14(13)17/h7-8,13-14,17H,4-6,9H2,1-3H3. The van der Waals surface area contributed by atoms with Gasteiger partial charge in [-0.15, -0.1) is 0 Å². The van der Waals surface area contributed by atoms with Gasteiger partial charge in [-0.05, 0) is 62.1 Å². The summed E-state index contributed by atoms with van der Waals surface area (Å²) in [6.45, 7) is 6.39. The Bertz CT molecular complexity index is 467. The van der Waals surface area contributed by atoms with Crippen LogP contribution in [0.5, 0.6) is 0 Å². The Balaban J connectivity index is 1.75. The van der Waals surface area contributed by atoms with Crippen LogP contribution in [0, 0.1) is 38.5 Å². The molecule has 0 aliphatic heterocycles. The third kappa shape index (κ3) is 1.90. The van der Waals surface area contributed by atoms with Crippen molar-refractivity contribution in [1.82, 2.24) is 0 Å². The summed E-state index contributed by atoms with van der Waals surface area (Å²) < 4.78 is 0. The van der Waals surface area contributed by atoms with Crippen molar-refractivity contribution in [2.24, 2.45) is 17.8 Å². The molecule has 0 amide bonds. The lowest BCUT2D eigenvalue weighted by atomic mass is 9.93. The highest BCUT2D eigenvalue weighted by molar-refractivity contribution is 5.87. The second kappa shape index (κ2) is 4.22. The van der Waals surface area contributed by atoms with Gasteiger partial charge in [-0.25, -0.2) is 0 Å². The number of carbonyl (C=O) groups is 1. The van der Waals surface area contributed by atoms with Crippen molar-refractivity contribution >= 4 is 5.78 Å². The van der Waals surface area contributed by atoms with Crippen molar-refractivity contribution in [3.8, 4) is 0 Å². The molecule has 1 aromatic carbocycles. The van der Waals surface area contributed by atoms with Crippen LogP contribution >= 0.6 is 0 Å². The molecule has 1 heteroatoms. The fourth-order valence-electron chi connectivity index (χ4n) is 4.08. The normalized spacial score (nSPS) is 29.2. The lowest BCUT2D eigenvalue weighted by molar-refractivity contribution is -0.120. The lowest BCUT2D eigenvalue weighted by Crippen LogP contribution is -2.11. The highest BCUT2D eigenvalue weighted by Crippen LogP contribution is 2.58. The molecular weight excluding hydrogens is 220 g/mol. The molecule has 0 bridgehead atoms. The van der Waals surface area contributed by atoms with E-state index in [9.17, 15) is 4.79 Å². The minimum Gasteiger partial charge on any atom is -0.299 e. The van der Waals surface area contributed by atoms with Gasteiger partial charge < -0.3 is 0 Å². The Morgan fingerprint density at radius 2 is 1.67 bits per heavy atom. The van der Waals surface area contributed by atoms with Crippen molar-refractivity contribution in [2.45, 2.75) is 46.5 Å². The number of ketones is 1. The van der Waals surface area contributed by atoms with Gasteiger partial charge in [-0.1, -0.05) is 24.1 Å². The minimum absolute atomic E-state index is 0.416. The molecule has 0 radical (unpaired) electrons. The van der Waals surface area contributed by atoms with Crippen molar-refractivity contribution < 1.29 is 4.79 Å². The van der Waals surface area contributed by atoms with E-state index in [1.165, 1.54) is 41.5 Å². The van der Waals surface area contributed by atoms with Gasteiger partial charge >= 0.3 is 0 Å². The summed E-state index contributed by atoms with van der Waals surface area (Å²) in [6.07, 6.45) is 4.61. The number of rotatable bonds is 3. The van der Waals surface area contributed by atoms with E-state index >= 15 is 0 Å². The van der Waals surface area contributed by atoms with Crippen LogP contribution in [0.2, 0.25) is 0 Å². The first kappa shape index (κ1) is 12.0. The Morgan fingerprint density at radius 1 is 1.11 bits per heavy atom.